The lowest BCUT2D eigenvalue weighted by Crippen LogP contribution is -2.12. The van der Waals surface area contributed by atoms with Crippen LogP contribution in [-0.4, -0.2) is 0 Å². The van der Waals surface area contributed by atoms with Gasteiger partial charge in [-0.05, 0) is 59.2 Å². The van der Waals surface area contributed by atoms with Crippen molar-refractivity contribution in [3.8, 4) is 22.3 Å². The number of benzene rings is 8. The summed E-state index contributed by atoms with van der Waals surface area (Å²) in [5.41, 5.74) is 8.52. The van der Waals surface area contributed by atoms with Crippen LogP contribution in [0, 0.1) is 0 Å². The van der Waals surface area contributed by atoms with Crippen molar-refractivity contribution in [3.05, 3.63) is 176 Å². The monoisotopic (exact) mass is 715 g/mol. The topological polar surface area (TPSA) is 3.24 Å². The van der Waals surface area contributed by atoms with Gasteiger partial charge in [-0.1, -0.05) is 133 Å². The van der Waals surface area contributed by atoms with Crippen LogP contribution in [0.3, 0.4) is 0 Å². The third-order valence-corrected chi connectivity index (χ3v) is 13.8. The lowest BCUT2D eigenvalue weighted by atomic mass is 9.95. The molecule has 0 aliphatic carbocycles. The van der Waals surface area contributed by atoms with Crippen LogP contribution < -0.4 is 4.90 Å². The van der Waals surface area contributed by atoms with Gasteiger partial charge in [0.15, 0.2) is 0 Å². The number of nitrogens with zero attached hydrogens (tertiary/aromatic N) is 1. The first-order valence-corrected chi connectivity index (χ1v) is 20.0. The molecule has 1 nitrogen and oxygen atoms in total. The van der Waals surface area contributed by atoms with E-state index in [-0.39, 0.29) is 0 Å². The minimum Gasteiger partial charge on any atom is -0.308 e. The molecule has 0 atom stereocenters. The molecular weight excluding hydrogens is 687 g/mol. The smallest absolute Gasteiger partial charge is 0.0633 e. The van der Waals surface area contributed by atoms with Crippen molar-refractivity contribution in [2.24, 2.45) is 0 Å². The van der Waals surface area contributed by atoms with Crippen LogP contribution in [0.4, 0.5) is 17.1 Å². The minimum atomic E-state index is 1.19. The Hall–Kier alpha value is -5.78. The molecule has 0 saturated carbocycles. The van der Waals surface area contributed by atoms with Gasteiger partial charge in [-0.3, -0.25) is 0 Å². The molecule has 0 aliphatic rings. The average Bonchev–Trinajstić information content (AvgIpc) is 3.91. The lowest BCUT2D eigenvalue weighted by molar-refractivity contribution is 1.34. The molecule has 8 aromatic carbocycles. The van der Waals surface area contributed by atoms with E-state index in [1.165, 1.54) is 99.8 Å². The van der Waals surface area contributed by atoms with Gasteiger partial charge in [0.25, 0.3) is 0 Å². The highest BCUT2D eigenvalue weighted by Crippen LogP contribution is 2.55. The molecule has 0 fully saturated rings. The first-order chi connectivity index (χ1) is 25.8. The zero-order valence-electron chi connectivity index (χ0n) is 27.9. The maximum absolute atomic E-state index is 2.63. The van der Waals surface area contributed by atoms with Crippen molar-refractivity contribution >= 4 is 112 Å². The third kappa shape index (κ3) is 4.52. The summed E-state index contributed by atoms with van der Waals surface area (Å²) in [6, 6.07) is 64.9. The van der Waals surface area contributed by atoms with Crippen molar-refractivity contribution in [3.63, 3.8) is 0 Å². The van der Waals surface area contributed by atoms with Gasteiger partial charge >= 0.3 is 0 Å². The Balaban J connectivity index is 1.36. The minimum absolute atomic E-state index is 1.19. The van der Waals surface area contributed by atoms with Crippen LogP contribution in [0.2, 0.25) is 0 Å². The predicted octanol–water partition coefficient (Wildman–Crippen LogP) is 15.6. The standard InChI is InChI=1S/C48H29NS3/c1-3-14-30(15-4-1)32-27-29-43-46(36-20-9-11-23-40(36)51-43)47(32)49(37-21-13-25-42-44(37)34-18-7-10-22-39(34)50-42)38-28-26-33(31-16-5-2-6-17-31)48-45(38)35-19-8-12-24-41(35)52-48/h1-29H. The SMILES string of the molecule is c1ccc(-c2ccc3sc4ccccc4c3c2N(c2cccc3sc4ccccc4c23)c2ccc(-c3ccccc3)c3sc4ccccc4c23)cc1. The van der Waals surface area contributed by atoms with E-state index in [1.54, 1.807) is 0 Å². The van der Waals surface area contributed by atoms with Gasteiger partial charge in [-0.2, -0.15) is 0 Å². The third-order valence-electron chi connectivity index (χ3n) is 10.3. The fourth-order valence-electron chi connectivity index (χ4n) is 8.04. The van der Waals surface area contributed by atoms with Crippen LogP contribution in [0.5, 0.6) is 0 Å². The van der Waals surface area contributed by atoms with E-state index in [2.05, 4.69) is 181 Å². The summed E-state index contributed by atoms with van der Waals surface area (Å²) in [6.45, 7) is 0. The molecule has 244 valence electrons. The van der Waals surface area contributed by atoms with Crippen molar-refractivity contribution in [1.29, 1.82) is 0 Å². The summed E-state index contributed by atoms with van der Waals surface area (Å²) in [7, 11) is 0. The Labute approximate surface area is 312 Å². The maximum atomic E-state index is 2.63. The van der Waals surface area contributed by atoms with Crippen molar-refractivity contribution in [2.75, 3.05) is 4.90 Å². The largest absolute Gasteiger partial charge is 0.308 e. The first kappa shape index (κ1) is 29.9. The van der Waals surface area contributed by atoms with Crippen molar-refractivity contribution in [1.82, 2.24) is 0 Å². The maximum Gasteiger partial charge on any atom is 0.0633 e. The number of rotatable bonds is 5. The predicted molar refractivity (Wildman–Crippen MR) is 231 cm³/mol. The van der Waals surface area contributed by atoms with E-state index >= 15 is 0 Å². The molecule has 4 heteroatoms. The van der Waals surface area contributed by atoms with Gasteiger partial charge in [0.2, 0.25) is 0 Å². The quantitative estimate of drug-likeness (QED) is 0.171. The van der Waals surface area contributed by atoms with Gasteiger partial charge in [0.05, 0.1) is 17.1 Å². The fourth-order valence-corrected chi connectivity index (χ4v) is 11.5. The second kappa shape index (κ2) is 11.9. The summed E-state index contributed by atoms with van der Waals surface area (Å²) in [5, 5.41) is 7.73. The highest BCUT2D eigenvalue weighted by atomic mass is 32.1. The molecule has 52 heavy (non-hydrogen) atoms. The molecule has 3 heterocycles. The van der Waals surface area contributed by atoms with Crippen LogP contribution >= 0.6 is 34.0 Å². The Bertz CT molecular complexity index is 3130. The average molecular weight is 716 g/mol. The van der Waals surface area contributed by atoms with E-state index in [9.17, 15) is 0 Å². The zero-order chi connectivity index (χ0) is 34.2. The Morgan fingerprint density at radius 3 is 1.46 bits per heavy atom. The van der Waals surface area contributed by atoms with Crippen LogP contribution in [0.15, 0.2) is 176 Å². The number of thiophene rings is 3. The number of fused-ring (bicyclic) bond motifs is 9. The molecule has 0 spiro atoms. The molecule has 0 radical (unpaired) electrons. The summed E-state index contributed by atoms with van der Waals surface area (Å²) in [4.78, 5) is 2.63. The molecule has 0 unspecified atom stereocenters. The van der Waals surface area contributed by atoms with Gasteiger partial charge in [0.1, 0.15) is 0 Å². The normalized spacial score (nSPS) is 11.8. The van der Waals surface area contributed by atoms with Crippen LogP contribution in [0.25, 0.3) is 82.8 Å². The second-order valence-electron chi connectivity index (χ2n) is 13.2. The van der Waals surface area contributed by atoms with Gasteiger partial charge < -0.3 is 4.90 Å². The summed E-state index contributed by atoms with van der Waals surface area (Å²) >= 11 is 5.66. The Kier molecular flexibility index (Phi) is 6.84. The Morgan fingerprint density at radius 2 is 0.788 bits per heavy atom. The molecule has 3 aromatic heterocycles. The summed E-state index contributed by atoms with van der Waals surface area (Å²) in [5.74, 6) is 0. The summed E-state index contributed by atoms with van der Waals surface area (Å²) < 4.78 is 7.78. The number of hydrogen-bond donors (Lipinski definition) is 0. The Morgan fingerprint density at radius 1 is 0.308 bits per heavy atom. The molecule has 11 aromatic rings. The second-order valence-corrected chi connectivity index (χ2v) is 16.4. The molecule has 11 rings (SSSR count). The molecule has 0 aliphatic heterocycles. The van der Waals surface area contributed by atoms with Crippen molar-refractivity contribution < 1.29 is 0 Å². The molecule has 0 bridgehead atoms. The van der Waals surface area contributed by atoms with E-state index < -0.39 is 0 Å². The molecule has 0 N–H and O–H groups in total. The van der Waals surface area contributed by atoms with E-state index in [0.717, 1.165) is 0 Å². The van der Waals surface area contributed by atoms with E-state index in [0.29, 0.717) is 0 Å². The zero-order valence-corrected chi connectivity index (χ0v) is 30.4. The fraction of sp³-hybridized carbons (Fsp3) is 0. The van der Waals surface area contributed by atoms with Crippen molar-refractivity contribution in [2.45, 2.75) is 0 Å². The first-order valence-electron chi connectivity index (χ1n) is 17.5. The number of anilines is 3. The summed E-state index contributed by atoms with van der Waals surface area (Å²) in [6.07, 6.45) is 0. The van der Waals surface area contributed by atoms with E-state index in [4.69, 9.17) is 0 Å². The molecule has 0 saturated heterocycles. The van der Waals surface area contributed by atoms with Crippen LogP contribution in [-0.2, 0) is 0 Å². The molecule has 0 amide bonds. The van der Waals surface area contributed by atoms with E-state index in [1.807, 2.05) is 34.0 Å². The van der Waals surface area contributed by atoms with Gasteiger partial charge in [-0.25, -0.2) is 0 Å². The lowest BCUT2D eigenvalue weighted by Gasteiger charge is -2.31. The molecular formula is C48H29NS3. The van der Waals surface area contributed by atoms with Gasteiger partial charge in [-0.15, -0.1) is 34.0 Å². The highest BCUT2D eigenvalue weighted by Gasteiger charge is 2.28. The number of hydrogen-bond acceptors (Lipinski definition) is 4. The van der Waals surface area contributed by atoms with Crippen LogP contribution in [0.1, 0.15) is 0 Å². The van der Waals surface area contributed by atoms with Gasteiger partial charge in [0, 0.05) is 66.1 Å². The highest BCUT2D eigenvalue weighted by molar-refractivity contribution is 7.27.